The van der Waals surface area contributed by atoms with Gasteiger partial charge in [0.25, 0.3) is 5.56 Å². The van der Waals surface area contributed by atoms with Gasteiger partial charge < -0.3 is 0 Å². The third kappa shape index (κ3) is 2.86. The molecule has 0 fully saturated rings. The molecule has 4 nitrogen and oxygen atoms in total. The van der Waals surface area contributed by atoms with Crippen LogP contribution in [0.1, 0.15) is 12.5 Å². The summed E-state index contributed by atoms with van der Waals surface area (Å²) in [6.07, 6.45) is 0. The molecule has 5 heteroatoms. The van der Waals surface area contributed by atoms with Crippen molar-refractivity contribution in [3.05, 3.63) is 64.4 Å². The molecule has 0 bridgehead atoms. The van der Waals surface area contributed by atoms with E-state index < -0.39 is 0 Å². The monoisotopic (exact) mass is 321 g/mol. The number of para-hydroxylation sites is 2. The minimum Gasteiger partial charge on any atom is -0.268 e. The van der Waals surface area contributed by atoms with Crippen LogP contribution >= 0.6 is 11.8 Å². The highest BCUT2D eigenvalue weighted by atomic mass is 32.2. The van der Waals surface area contributed by atoms with E-state index in [9.17, 15) is 4.79 Å². The zero-order valence-electron chi connectivity index (χ0n) is 12.9. The van der Waals surface area contributed by atoms with Gasteiger partial charge in [-0.2, -0.15) is 5.26 Å². The summed E-state index contributed by atoms with van der Waals surface area (Å²) in [6, 6.07) is 17.2. The molecule has 0 amide bonds. The summed E-state index contributed by atoms with van der Waals surface area (Å²) in [7, 11) is 0. The van der Waals surface area contributed by atoms with Crippen LogP contribution in [0.4, 0.5) is 0 Å². The molecule has 0 radical (unpaired) electrons. The maximum Gasteiger partial charge on any atom is 0.266 e. The molecule has 3 rings (SSSR count). The van der Waals surface area contributed by atoms with Crippen molar-refractivity contribution < 1.29 is 0 Å². The molecular formula is C18H15N3OS. The molecular weight excluding hydrogens is 306 g/mol. The van der Waals surface area contributed by atoms with Gasteiger partial charge in [-0.05, 0) is 37.6 Å². The molecule has 114 valence electrons. The second-order valence-corrected chi connectivity index (χ2v) is 6.54. The Morgan fingerprint density at radius 3 is 2.61 bits per heavy atom. The Balaban J connectivity index is 2.36. The number of aryl methyl sites for hydroxylation is 1. The number of nitriles is 1. The number of benzene rings is 2. The van der Waals surface area contributed by atoms with Gasteiger partial charge in [-0.1, -0.05) is 42.1 Å². The summed E-state index contributed by atoms with van der Waals surface area (Å²) in [5.74, 6) is 0. The quantitative estimate of drug-likeness (QED) is 0.545. The second-order valence-electron chi connectivity index (χ2n) is 5.23. The van der Waals surface area contributed by atoms with Crippen molar-refractivity contribution in [2.75, 3.05) is 0 Å². The number of thioether (sulfide) groups is 1. The van der Waals surface area contributed by atoms with E-state index >= 15 is 0 Å². The molecule has 0 spiro atoms. The van der Waals surface area contributed by atoms with Gasteiger partial charge in [0.05, 0.1) is 27.9 Å². The maximum absolute atomic E-state index is 13.0. The largest absolute Gasteiger partial charge is 0.268 e. The van der Waals surface area contributed by atoms with Crippen molar-refractivity contribution in [1.29, 1.82) is 5.26 Å². The minimum atomic E-state index is -0.293. The Kier molecular flexibility index (Phi) is 4.18. The first-order valence-electron chi connectivity index (χ1n) is 7.26. The predicted octanol–water partition coefficient (Wildman–Crippen LogP) is 3.70. The van der Waals surface area contributed by atoms with Crippen LogP contribution in [0.2, 0.25) is 0 Å². The van der Waals surface area contributed by atoms with Crippen LogP contribution in [0.3, 0.4) is 0 Å². The van der Waals surface area contributed by atoms with Crippen LogP contribution in [0.5, 0.6) is 0 Å². The van der Waals surface area contributed by atoms with Crippen molar-refractivity contribution in [2.45, 2.75) is 24.3 Å². The summed E-state index contributed by atoms with van der Waals surface area (Å²) < 4.78 is 1.61. The van der Waals surface area contributed by atoms with Gasteiger partial charge in [0, 0.05) is 0 Å². The van der Waals surface area contributed by atoms with Crippen molar-refractivity contribution in [2.24, 2.45) is 0 Å². The first kappa shape index (κ1) is 15.3. The topological polar surface area (TPSA) is 58.7 Å². The average molecular weight is 321 g/mol. The standard InChI is InChI=1S/C18H15N3OS/c1-12-7-3-6-10-16(12)21-17(22)14-8-4-5-9-15(14)20-18(21)23-13(2)11-19/h3-10,13H,1-2H3/t13-/m1/s1. The van der Waals surface area contributed by atoms with Gasteiger partial charge in [-0.15, -0.1) is 0 Å². The summed E-state index contributed by atoms with van der Waals surface area (Å²) in [6.45, 7) is 3.76. The fraction of sp³-hybridized carbons (Fsp3) is 0.167. The van der Waals surface area contributed by atoms with Gasteiger partial charge in [0.2, 0.25) is 0 Å². The van der Waals surface area contributed by atoms with Crippen LogP contribution in [0, 0.1) is 18.3 Å². The van der Waals surface area contributed by atoms with Crippen LogP contribution in [-0.2, 0) is 0 Å². The lowest BCUT2D eigenvalue weighted by atomic mass is 10.2. The van der Waals surface area contributed by atoms with Crippen LogP contribution < -0.4 is 5.56 Å². The summed E-state index contributed by atoms with van der Waals surface area (Å²) in [5, 5.41) is 9.93. The molecule has 0 aliphatic heterocycles. The SMILES string of the molecule is Cc1ccccc1-n1c(S[C@H](C)C#N)nc2ccccc2c1=O. The Morgan fingerprint density at radius 1 is 1.17 bits per heavy atom. The Bertz CT molecular complexity index is 972. The molecule has 3 aromatic rings. The first-order chi connectivity index (χ1) is 11.1. The number of rotatable bonds is 3. The van der Waals surface area contributed by atoms with E-state index in [4.69, 9.17) is 5.26 Å². The van der Waals surface area contributed by atoms with Gasteiger partial charge in [-0.3, -0.25) is 9.36 Å². The van der Waals surface area contributed by atoms with Gasteiger partial charge >= 0.3 is 0 Å². The molecule has 1 aromatic heterocycles. The van der Waals surface area contributed by atoms with E-state index in [0.717, 1.165) is 11.3 Å². The van der Waals surface area contributed by atoms with E-state index in [1.807, 2.05) is 49.4 Å². The highest BCUT2D eigenvalue weighted by Crippen LogP contribution is 2.25. The molecule has 0 saturated carbocycles. The molecule has 0 saturated heterocycles. The fourth-order valence-electron chi connectivity index (χ4n) is 2.40. The van der Waals surface area contributed by atoms with Crippen LogP contribution in [0.25, 0.3) is 16.6 Å². The lowest BCUT2D eigenvalue weighted by molar-refractivity contribution is 0.813. The molecule has 0 aliphatic rings. The zero-order chi connectivity index (χ0) is 16.4. The Labute approximate surface area is 138 Å². The first-order valence-corrected chi connectivity index (χ1v) is 8.14. The normalized spacial score (nSPS) is 12.0. The number of hydrogen-bond donors (Lipinski definition) is 0. The van der Waals surface area contributed by atoms with Crippen molar-refractivity contribution in [3.8, 4) is 11.8 Å². The predicted molar refractivity (Wildman–Crippen MR) is 93.0 cm³/mol. The summed E-state index contributed by atoms with van der Waals surface area (Å²) >= 11 is 1.29. The van der Waals surface area contributed by atoms with Crippen LogP contribution in [0.15, 0.2) is 58.5 Å². The lowest BCUT2D eigenvalue weighted by Gasteiger charge is -2.15. The van der Waals surface area contributed by atoms with Crippen LogP contribution in [-0.4, -0.2) is 14.8 Å². The number of hydrogen-bond acceptors (Lipinski definition) is 4. The molecule has 2 aromatic carbocycles. The van der Waals surface area contributed by atoms with Crippen molar-refractivity contribution in [1.82, 2.24) is 9.55 Å². The van der Waals surface area contributed by atoms with E-state index in [0.29, 0.717) is 16.1 Å². The third-order valence-electron chi connectivity index (χ3n) is 3.57. The fourth-order valence-corrected chi connectivity index (χ4v) is 3.21. The third-order valence-corrected chi connectivity index (χ3v) is 4.51. The van der Waals surface area contributed by atoms with E-state index in [-0.39, 0.29) is 10.8 Å². The number of nitrogens with zero attached hydrogens (tertiary/aromatic N) is 3. The van der Waals surface area contributed by atoms with E-state index in [2.05, 4.69) is 11.1 Å². The second kappa shape index (κ2) is 6.27. The van der Waals surface area contributed by atoms with Gasteiger partial charge in [-0.25, -0.2) is 4.98 Å². The lowest BCUT2D eigenvalue weighted by Crippen LogP contribution is -2.23. The Morgan fingerprint density at radius 2 is 1.87 bits per heavy atom. The smallest absolute Gasteiger partial charge is 0.266 e. The molecule has 1 heterocycles. The zero-order valence-corrected chi connectivity index (χ0v) is 13.7. The molecule has 0 aliphatic carbocycles. The van der Waals surface area contributed by atoms with E-state index in [1.165, 1.54) is 11.8 Å². The molecule has 1 atom stereocenters. The van der Waals surface area contributed by atoms with Crippen molar-refractivity contribution in [3.63, 3.8) is 0 Å². The summed E-state index contributed by atoms with van der Waals surface area (Å²) in [5.41, 5.74) is 2.31. The van der Waals surface area contributed by atoms with Gasteiger partial charge in [0.1, 0.15) is 0 Å². The Hall–Kier alpha value is -2.58. The highest BCUT2D eigenvalue weighted by Gasteiger charge is 2.16. The van der Waals surface area contributed by atoms with E-state index in [1.54, 1.807) is 17.6 Å². The summed E-state index contributed by atoms with van der Waals surface area (Å²) in [4.78, 5) is 17.6. The number of aromatic nitrogens is 2. The maximum atomic E-state index is 13.0. The highest BCUT2D eigenvalue weighted by molar-refractivity contribution is 8.00. The molecule has 23 heavy (non-hydrogen) atoms. The average Bonchev–Trinajstić information content (AvgIpc) is 2.56. The number of fused-ring (bicyclic) bond motifs is 1. The molecule has 0 unspecified atom stereocenters. The van der Waals surface area contributed by atoms with Crippen molar-refractivity contribution >= 4 is 22.7 Å². The molecule has 0 N–H and O–H groups in total. The van der Waals surface area contributed by atoms with Gasteiger partial charge in [0.15, 0.2) is 5.16 Å². The minimum absolute atomic E-state index is 0.113.